The van der Waals surface area contributed by atoms with Crippen LogP contribution in [0, 0.1) is 20.8 Å². The molecule has 1 heterocycles. The molecule has 1 atom stereocenters. The topological polar surface area (TPSA) is 43.8 Å². The number of aryl methyl sites for hydroxylation is 3. The smallest absolute Gasteiger partial charge is 0.0649 e. The van der Waals surface area contributed by atoms with Crippen molar-refractivity contribution in [3.05, 3.63) is 82.7 Å². The Morgan fingerprint density at radius 1 is 0.957 bits per heavy atom. The van der Waals surface area contributed by atoms with Gasteiger partial charge in [0.2, 0.25) is 0 Å². The fourth-order valence-electron chi connectivity index (χ4n) is 3.18. The third-order valence-corrected chi connectivity index (χ3v) is 4.10. The Morgan fingerprint density at radius 3 is 2.22 bits per heavy atom. The monoisotopic (exact) mass is 305 g/mol. The number of aromatic nitrogens is 2. The zero-order valence-electron chi connectivity index (χ0n) is 14.0. The van der Waals surface area contributed by atoms with Crippen molar-refractivity contribution in [3.63, 3.8) is 0 Å². The maximum Gasteiger partial charge on any atom is 0.0649 e. The van der Waals surface area contributed by atoms with E-state index in [0.29, 0.717) is 6.54 Å². The lowest BCUT2D eigenvalue weighted by atomic mass is 9.92. The van der Waals surface area contributed by atoms with Gasteiger partial charge in [0.05, 0.1) is 17.1 Å². The van der Waals surface area contributed by atoms with Gasteiger partial charge in [0.25, 0.3) is 0 Å². The second-order valence-corrected chi connectivity index (χ2v) is 6.17. The van der Waals surface area contributed by atoms with Crippen LogP contribution >= 0.6 is 0 Å². The zero-order chi connectivity index (χ0) is 16.4. The summed E-state index contributed by atoms with van der Waals surface area (Å²) in [5.41, 5.74) is 13.1. The lowest BCUT2D eigenvalue weighted by Crippen LogP contribution is -2.18. The van der Waals surface area contributed by atoms with Crippen molar-refractivity contribution in [2.24, 2.45) is 5.73 Å². The molecule has 3 nitrogen and oxygen atoms in total. The van der Waals surface area contributed by atoms with E-state index >= 15 is 0 Å². The molecule has 23 heavy (non-hydrogen) atoms. The quantitative estimate of drug-likeness (QED) is 0.794. The van der Waals surface area contributed by atoms with Crippen LogP contribution < -0.4 is 5.73 Å². The molecule has 0 aliphatic heterocycles. The van der Waals surface area contributed by atoms with Crippen LogP contribution in [0.3, 0.4) is 0 Å². The first-order valence-corrected chi connectivity index (χ1v) is 7.98. The molecule has 3 aromatic rings. The first-order valence-electron chi connectivity index (χ1n) is 7.98. The van der Waals surface area contributed by atoms with Gasteiger partial charge in [0, 0.05) is 12.5 Å². The highest BCUT2D eigenvalue weighted by molar-refractivity contribution is 5.40. The van der Waals surface area contributed by atoms with Gasteiger partial charge in [-0.1, -0.05) is 47.5 Å². The molecular formula is C20H23N3. The molecule has 0 aliphatic carbocycles. The van der Waals surface area contributed by atoms with E-state index in [4.69, 9.17) is 5.73 Å². The number of nitrogens with zero attached hydrogens (tertiary/aromatic N) is 2. The van der Waals surface area contributed by atoms with Gasteiger partial charge in [0.15, 0.2) is 0 Å². The van der Waals surface area contributed by atoms with Crippen molar-refractivity contribution in [1.82, 2.24) is 9.78 Å². The first-order chi connectivity index (χ1) is 11.1. The minimum absolute atomic E-state index is 0.134. The second kappa shape index (κ2) is 6.39. The summed E-state index contributed by atoms with van der Waals surface area (Å²) in [6, 6.07) is 19.0. The number of hydrogen-bond acceptors (Lipinski definition) is 2. The van der Waals surface area contributed by atoms with Crippen LogP contribution in [0.1, 0.15) is 34.0 Å². The molecule has 0 spiro atoms. The van der Waals surface area contributed by atoms with E-state index < -0.39 is 0 Å². The predicted octanol–water partition coefficient (Wildman–Crippen LogP) is 3.89. The first kappa shape index (κ1) is 15.5. The van der Waals surface area contributed by atoms with Crippen LogP contribution in [0.5, 0.6) is 0 Å². The van der Waals surface area contributed by atoms with Crippen molar-refractivity contribution in [2.75, 3.05) is 6.54 Å². The highest BCUT2D eigenvalue weighted by Gasteiger charge is 2.19. The molecule has 1 unspecified atom stereocenters. The van der Waals surface area contributed by atoms with Crippen molar-refractivity contribution in [1.29, 1.82) is 0 Å². The summed E-state index contributed by atoms with van der Waals surface area (Å²) in [7, 11) is 0. The Hall–Kier alpha value is -2.39. The molecule has 0 saturated heterocycles. The van der Waals surface area contributed by atoms with E-state index in [2.05, 4.69) is 55.3 Å². The van der Waals surface area contributed by atoms with Crippen LogP contribution in [0.25, 0.3) is 5.69 Å². The summed E-state index contributed by atoms with van der Waals surface area (Å²) < 4.78 is 2.02. The summed E-state index contributed by atoms with van der Waals surface area (Å²) in [6.07, 6.45) is 0. The summed E-state index contributed by atoms with van der Waals surface area (Å²) in [6.45, 7) is 6.84. The molecule has 1 aromatic heterocycles. The lowest BCUT2D eigenvalue weighted by molar-refractivity contribution is 0.717. The van der Waals surface area contributed by atoms with E-state index in [1.54, 1.807) is 0 Å². The summed E-state index contributed by atoms with van der Waals surface area (Å²) in [4.78, 5) is 0. The molecule has 0 radical (unpaired) electrons. The van der Waals surface area contributed by atoms with Crippen LogP contribution in [0.15, 0.2) is 54.6 Å². The molecule has 0 bridgehead atoms. The van der Waals surface area contributed by atoms with Crippen molar-refractivity contribution in [3.8, 4) is 5.69 Å². The fraction of sp³-hybridized carbons (Fsp3) is 0.250. The Kier molecular flexibility index (Phi) is 4.30. The Labute approximate surface area is 137 Å². The Morgan fingerprint density at radius 2 is 1.61 bits per heavy atom. The van der Waals surface area contributed by atoms with Crippen LogP contribution in [0.2, 0.25) is 0 Å². The number of hydrogen-bond donors (Lipinski definition) is 1. The van der Waals surface area contributed by atoms with Crippen LogP contribution in [0.4, 0.5) is 0 Å². The summed E-state index contributed by atoms with van der Waals surface area (Å²) in [5.74, 6) is 0.134. The highest BCUT2D eigenvalue weighted by Crippen LogP contribution is 2.28. The third-order valence-electron chi connectivity index (χ3n) is 4.10. The third kappa shape index (κ3) is 3.20. The molecule has 0 aliphatic rings. The van der Waals surface area contributed by atoms with Crippen LogP contribution in [-0.4, -0.2) is 16.3 Å². The van der Waals surface area contributed by atoms with E-state index in [1.807, 2.05) is 29.8 Å². The Balaban J connectivity index is 2.12. The molecular weight excluding hydrogens is 282 g/mol. The molecule has 3 rings (SSSR count). The number of rotatable bonds is 4. The molecule has 3 heteroatoms. The Bertz CT molecular complexity index is 783. The van der Waals surface area contributed by atoms with Gasteiger partial charge in [-0.05, 0) is 44.5 Å². The predicted molar refractivity (Wildman–Crippen MR) is 95.1 cm³/mol. The van der Waals surface area contributed by atoms with Gasteiger partial charge >= 0.3 is 0 Å². The van der Waals surface area contributed by atoms with Crippen molar-refractivity contribution in [2.45, 2.75) is 26.7 Å². The SMILES string of the molecule is Cc1cc(C)cc(C(CN)c2cc(C)nn2-c2ccccc2)c1. The average molecular weight is 305 g/mol. The van der Waals surface area contributed by atoms with E-state index in [9.17, 15) is 0 Å². The van der Waals surface area contributed by atoms with Gasteiger partial charge in [0.1, 0.15) is 0 Å². The molecule has 0 amide bonds. The van der Waals surface area contributed by atoms with Crippen LogP contribution in [-0.2, 0) is 0 Å². The lowest BCUT2D eigenvalue weighted by Gasteiger charge is -2.18. The molecule has 0 saturated carbocycles. The normalized spacial score (nSPS) is 12.3. The maximum atomic E-state index is 6.15. The van der Waals surface area contributed by atoms with Gasteiger partial charge in [-0.3, -0.25) is 0 Å². The molecule has 118 valence electrons. The number of benzene rings is 2. The molecule has 2 aromatic carbocycles. The summed E-state index contributed by atoms with van der Waals surface area (Å²) >= 11 is 0. The van der Waals surface area contributed by atoms with E-state index in [1.165, 1.54) is 16.7 Å². The highest BCUT2D eigenvalue weighted by atomic mass is 15.3. The van der Waals surface area contributed by atoms with Gasteiger partial charge in [-0.25, -0.2) is 4.68 Å². The minimum atomic E-state index is 0.134. The van der Waals surface area contributed by atoms with Gasteiger partial charge < -0.3 is 5.73 Å². The zero-order valence-corrected chi connectivity index (χ0v) is 14.0. The van der Waals surface area contributed by atoms with Crippen molar-refractivity contribution < 1.29 is 0 Å². The molecule has 2 N–H and O–H groups in total. The molecule has 0 fully saturated rings. The van der Waals surface area contributed by atoms with Crippen molar-refractivity contribution >= 4 is 0 Å². The average Bonchev–Trinajstić information content (AvgIpc) is 2.90. The van der Waals surface area contributed by atoms with E-state index in [0.717, 1.165) is 17.1 Å². The number of nitrogens with two attached hydrogens (primary N) is 1. The second-order valence-electron chi connectivity index (χ2n) is 6.17. The van der Waals surface area contributed by atoms with Gasteiger partial charge in [-0.15, -0.1) is 0 Å². The van der Waals surface area contributed by atoms with E-state index in [-0.39, 0.29) is 5.92 Å². The standard InChI is InChI=1S/C20H23N3/c1-14-9-15(2)11-17(10-14)19(13-21)20-12-16(3)22-23(20)18-7-5-4-6-8-18/h4-12,19H,13,21H2,1-3H3. The number of para-hydroxylation sites is 1. The van der Waals surface area contributed by atoms with Gasteiger partial charge in [-0.2, -0.15) is 5.10 Å². The minimum Gasteiger partial charge on any atom is -0.329 e. The summed E-state index contributed by atoms with van der Waals surface area (Å²) in [5, 5.41) is 4.68. The largest absolute Gasteiger partial charge is 0.329 e. The maximum absolute atomic E-state index is 6.15. The fourth-order valence-corrected chi connectivity index (χ4v) is 3.18.